The molecule has 7 nitrogen and oxygen atoms in total. The van der Waals surface area contributed by atoms with Gasteiger partial charge in [-0.15, -0.1) is 0 Å². The van der Waals surface area contributed by atoms with E-state index >= 15 is 0 Å². The number of nitrogens with zero attached hydrogens (tertiary/aromatic N) is 2. The Morgan fingerprint density at radius 3 is 2.59 bits per heavy atom. The van der Waals surface area contributed by atoms with Crippen molar-refractivity contribution in [2.45, 2.75) is 6.42 Å². The highest BCUT2D eigenvalue weighted by Gasteiger charge is 2.11. The van der Waals surface area contributed by atoms with Gasteiger partial charge in [0.25, 0.3) is 5.91 Å². The Hall–Kier alpha value is -3.45. The third-order valence-corrected chi connectivity index (χ3v) is 3.80. The largest absolute Gasteiger partial charge is 0.399 e. The van der Waals surface area contributed by atoms with Crippen molar-refractivity contribution in [1.82, 2.24) is 9.97 Å². The lowest BCUT2D eigenvalue weighted by atomic mass is 10.1. The number of aromatic nitrogens is 2. The van der Waals surface area contributed by atoms with E-state index < -0.39 is 0 Å². The molecule has 5 N–H and O–H groups in total. The number of benzene rings is 2. The highest BCUT2D eigenvalue weighted by atomic mass is 16.3. The molecular formula is C20H21N5O2. The molecule has 0 aliphatic carbocycles. The van der Waals surface area contributed by atoms with Crippen molar-refractivity contribution in [2.75, 3.05) is 29.5 Å². The Balaban J connectivity index is 1.88. The molecule has 0 aliphatic rings. The zero-order valence-electron chi connectivity index (χ0n) is 14.7. The van der Waals surface area contributed by atoms with Crippen LogP contribution in [-0.2, 0) is 0 Å². The number of anilines is 3. The predicted octanol–water partition coefficient (Wildman–Crippen LogP) is 2.77. The van der Waals surface area contributed by atoms with Crippen LogP contribution in [0.1, 0.15) is 16.8 Å². The van der Waals surface area contributed by atoms with E-state index in [2.05, 4.69) is 20.6 Å². The number of aliphatic hydroxyl groups excluding tert-OH is 1. The van der Waals surface area contributed by atoms with E-state index in [1.54, 1.807) is 30.3 Å². The Morgan fingerprint density at radius 2 is 1.85 bits per heavy atom. The first-order chi connectivity index (χ1) is 13.2. The number of hydrogen-bond donors (Lipinski definition) is 4. The number of rotatable bonds is 7. The van der Waals surface area contributed by atoms with Gasteiger partial charge in [0.2, 0.25) is 5.95 Å². The fourth-order valence-corrected chi connectivity index (χ4v) is 2.49. The zero-order chi connectivity index (χ0) is 19.1. The molecule has 7 heteroatoms. The first-order valence-electron chi connectivity index (χ1n) is 8.62. The summed E-state index contributed by atoms with van der Waals surface area (Å²) in [6.07, 6.45) is 0.573. The van der Waals surface area contributed by atoms with Gasteiger partial charge in [-0.05, 0) is 24.6 Å². The van der Waals surface area contributed by atoms with Crippen molar-refractivity contribution in [3.8, 4) is 11.3 Å². The Labute approximate surface area is 157 Å². The van der Waals surface area contributed by atoms with E-state index in [0.29, 0.717) is 41.7 Å². The van der Waals surface area contributed by atoms with E-state index in [1.807, 2.05) is 30.3 Å². The van der Waals surface area contributed by atoms with Crippen molar-refractivity contribution in [3.63, 3.8) is 0 Å². The maximum atomic E-state index is 12.5. The molecule has 0 fully saturated rings. The normalized spacial score (nSPS) is 10.4. The minimum absolute atomic E-state index is 0.0738. The lowest BCUT2D eigenvalue weighted by Gasteiger charge is -2.11. The topological polar surface area (TPSA) is 113 Å². The summed E-state index contributed by atoms with van der Waals surface area (Å²) in [5, 5.41) is 14.8. The van der Waals surface area contributed by atoms with Gasteiger partial charge in [0.05, 0.1) is 5.69 Å². The van der Waals surface area contributed by atoms with Gasteiger partial charge in [0.1, 0.15) is 5.82 Å². The Bertz CT molecular complexity index is 915. The number of aliphatic hydroxyl groups is 1. The number of nitrogens with two attached hydrogens (primary N) is 1. The van der Waals surface area contributed by atoms with Crippen molar-refractivity contribution < 1.29 is 9.90 Å². The molecule has 0 atom stereocenters. The Kier molecular flexibility index (Phi) is 5.96. The molecule has 0 aliphatic heterocycles. The second-order valence-electron chi connectivity index (χ2n) is 5.91. The maximum absolute atomic E-state index is 12.5. The van der Waals surface area contributed by atoms with E-state index in [-0.39, 0.29) is 12.5 Å². The summed E-state index contributed by atoms with van der Waals surface area (Å²) < 4.78 is 0. The highest BCUT2D eigenvalue weighted by Crippen LogP contribution is 2.22. The molecule has 2 aromatic carbocycles. The molecule has 0 unspecified atom stereocenters. The van der Waals surface area contributed by atoms with Crippen molar-refractivity contribution in [3.05, 3.63) is 66.2 Å². The average Bonchev–Trinajstić information content (AvgIpc) is 2.69. The summed E-state index contributed by atoms with van der Waals surface area (Å²) in [4.78, 5) is 21.4. The SMILES string of the molecule is Nc1cccc(C(=O)Nc2cc(-c3ccccc3)nc(NCCCO)n2)c1. The third-order valence-electron chi connectivity index (χ3n) is 3.80. The molecule has 0 bridgehead atoms. The molecule has 0 saturated carbocycles. The first kappa shape index (κ1) is 18.3. The van der Waals surface area contributed by atoms with Crippen molar-refractivity contribution in [1.29, 1.82) is 0 Å². The molecule has 138 valence electrons. The monoisotopic (exact) mass is 363 g/mol. The quantitative estimate of drug-likeness (QED) is 0.379. The molecule has 0 radical (unpaired) electrons. The van der Waals surface area contributed by atoms with E-state index in [4.69, 9.17) is 10.8 Å². The van der Waals surface area contributed by atoms with E-state index in [0.717, 1.165) is 5.56 Å². The van der Waals surface area contributed by atoms with Crippen LogP contribution in [0.4, 0.5) is 17.5 Å². The number of nitrogen functional groups attached to an aromatic ring is 1. The van der Waals surface area contributed by atoms with Crippen molar-refractivity contribution in [2.24, 2.45) is 0 Å². The van der Waals surface area contributed by atoms with Gasteiger partial charge in [0, 0.05) is 36.0 Å². The molecule has 1 aromatic heterocycles. The fourth-order valence-electron chi connectivity index (χ4n) is 2.49. The van der Waals surface area contributed by atoms with Crippen LogP contribution in [0.2, 0.25) is 0 Å². The van der Waals surface area contributed by atoms with Crippen LogP contribution in [0.15, 0.2) is 60.7 Å². The molecule has 3 aromatic rings. The fraction of sp³-hybridized carbons (Fsp3) is 0.150. The summed E-state index contributed by atoms with van der Waals surface area (Å²) >= 11 is 0. The van der Waals surface area contributed by atoms with Crippen LogP contribution in [0, 0.1) is 0 Å². The molecule has 3 rings (SSSR count). The number of carbonyl (C=O) groups is 1. The summed E-state index contributed by atoms with van der Waals surface area (Å²) in [5.74, 6) is 0.455. The summed E-state index contributed by atoms with van der Waals surface area (Å²) in [6, 6.07) is 18.1. The third kappa shape index (κ3) is 5.02. The molecule has 27 heavy (non-hydrogen) atoms. The van der Waals surface area contributed by atoms with Gasteiger partial charge in [0.15, 0.2) is 0 Å². The van der Waals surface area contributed by atoms with Gasteiger partial charge in [-0.1, -0.05) is 36.4 Å². The molecule has 0 saturated heterocycles. The van der Waals surface area contributed by atoms with Crippen LogP contribution in [0.25, 0.3) is 11.3 Å². The van der Waals surface area contributed by atoms with Crippen molar-refractivity contribution >= 4 is 23.4 Å². The van der Waals surface area contributed by atoms with Crippen LogP contribution in [0.5, 0.6) is 0 Å². The van der Waals surface area contributed by atoms with Crippen LogP contribution in [-0.4, -0.2) is 34.1 Å². The van der Waals surface area contributed by atoms with Crippen LogP contribution < -0.4 is 16.4 Å². The number of carbonyl (C=O) groups excluding carboxylic acids is 1. The summed E-state index contributed by atoms with van der Waals surface area (Å²) in [5.41, 5.74) is 8.30. The number of amides is 1. The van der Waals surface area contributed by atoms with Gasteiger partial charge < -0.3 is 21.5 Å². The smallest absolute Gasteiger partial charge is 0.256 e. The highest BCUT2D eigenvalue weighted by molar-refractivity contribution is 6.04. The minimum Gasteiger partial charge on any atom is -0.399 e. The molecular weight excluding hydrogens is 342 g/mol. The minimum atomic E-state index is -0.304. The van der Waals surface area contributed by atoms with Crippen LogP contribution in [0.3, 0.4) is 0 Å². The number of nitrogens with one attached hydrogen (secondary N) is 2. The maximum Gasteiger partial charge on any atom is 0.256 e. The van der Waals surface area contributed by atoms with Gasteiger partial charge in [-0.25, -0.2) is 4.98 Å². The predicted molar refractivity (Wildman–Crippen MR) is 106 cm³/mol. The molecule has 1 heterocycles. The Morgan fingerprint density at radius 1 is 1.04 bits per heavy atom. The number of hydrogen-bond acceptors (Lipinski definition) is 6. The second-order valence-corrected chi connectivity index (χ2v) is 5.91. The summed E-state index contributed by atoms with van der Waals surface area (Å²) in [7, 11) is 0. The summed E-state index contributed by atoms with van der Waals surface area (Å²) in [6.45, 7) is 0.599. The van der Waals surface area contributed by atoms with Gasteiger partial charge in [-0.2, -0.15) is 4.98 Å². The lowest BCUT2D eigenvalue weighted by Crippen LogP contribution is -2.15. The average molecular weight is 363 g/mol. The first-order valence-corrected chi connectivity index (χ1v) is 8.62. The van der Waals surface area contributed by atoms with Gasteiger partial charge in [-0.3, -0.25) is 4.79 Å². The van der Waals surface area contributed by atoms with Gasteiger partial charge >= 0.3 is 0 Å². The standard InChI is InChI=1S/C20H21N5O2/c21-16-9-4-8-15(12-16)19(27)24-18-13-17(14-6-2-1-3-7-14)23-20(25-18)22-10-5-11-26/h1-4,6-9,12-13,26H,5,10-11,21H2,(H2,22,23,24,25,27). The van der Waals surface area contributed by atoms with E-state index in [1.165, 1.54) is 0 Å². The zero-order valence-corrected chi connectivity index (χ0v) is 14.7. The van der Waals surface area contributed by atoms with Crippen LogP contribution >= 0.6 is 0 Å². The molecule has 1 amide bonds. The second kappa shape index (κ2) is 8.77. The molecule has 0 spiro atoms. The lowest BCUT2D eigenvalue weighted by molar-refractivity contribution is 0.102. The van der Waals surface area contributed by atoms with E-state index in [9.17, 15) is 4.79 Å².